The molecule has 1 rings (SSSR count). The molecule has 0 saturated heterocycles. The van der Waals surface area contributed by atoms with Crippen molar-refractivity contribution in [2.24, 2.45) is 5.41 Å². The molecule has 0 aromatic heterocycles. The summed E-state index contributed by atoms with van der Waals surface area (Å²) in [5.74, 6) is -0.975. The SMILES string of the molecule is CCC(C)(C)C(C)(C)c1ccc(OC(Cl)C(=O)O)c(Cl)c1. The summed E-state index contributed by atoms with van der Waals surface area (Å²) in [6.07, 6.45) is 1.03. The largest absolute Gasteiger partial charge is 0.478 e. The van der Waals surface area contributed by atoms with Gasteiger partial charge in [0.25, 0.3) is 5.56 Å². The van der Waals surface area contributed by atoms with Gasteiger partial charge in [0.2, 0.25) is 0 Å². The van der Waals surface area contributed by atoms with Gasteiger partial charge in [-0.15, -0.1) is 0 Å². The molecule has 1 unspecified atom stereocenters. The molecular formula is C16H22Cl2O3. The predicted octanol–water partition coefficient (Wildman–Crippen LogP) is 5.08. The van der Waals surface area contributed by atoms with Crippen LogP contribution in [0.1, 0.15) is 46.6 Å². The minimum atomic E-state index is -1.45. The van der Waals surface area contributed by atoms with E-state index in [0.29, 0.717) is 5.02 Å². The van der Waals surface area contributed by atoms with Gasteiger partial charge in [-0.25, -0.2) is 4.79 Å². The van der Waals surface area contributed by atoms with E-state index in [-0.39, 0.29) is 16.6 Å². The molecule has 1 aromatic rings. The summed E-state index contributed by atoms with van der Waals surface area (Å²) in [6.45, 7) is 10.9. The maximum absolute atomic E-state index is 10.7. The van der Waals surface area contributed by atoms with E-state index in [9.17, 15) is 4.79 Å². The van der Waals surface area contributed by atoms with Crippen LogP contribution >= 0.6 is 23.2 Å². The number of aliphatic carboxylic acids is 1. The molecule has 5 heteroatoms. The van der Waals surface area contributed by atoms with Crippen LogP contribution in [0.15, 0.2) is 18.2 Å². The van der Waals surface area contributed by atoms with Gasteiger partial charge in [0.1, 0.15) is 5.75 Å². The first-order valence-corrected chi connectivity index (χ1v) is 7.68. The van der Waals surface area contributed by atoms with Gasteiger partial charge in [-0.3, -0.25) is 0 Å². The number of rotatable bonds is 6. The topological polar surface area (TPSA) is 46.5 Å². The highest BCUT2D eigenvalue weighted by atomic mass is 35.5. The minimum absolute atomic E-state index is 0.0862. The summed E-state index contributed by atoms with van der Waals surface area (Å²) >= 11 is 11.8. The second-order valence-corrected chi connectivity index (χ2v) is 7.08. The zero-order valence-electron chi connectivity index (χ0n) is 13.0. The molecule has 0 aliphatic heterocycles. The van der Waals surface area contributed by atoms with Gasteiger partial charge in [0.05, 0.1) is 5.02 Å². The Labute approximate surface area is 136 Å². The molecule has 0 radical (unpaired) electrons. The van der Waals surface area contributed by atoms with Gasteiger partial charge >= 0.3 is 5.97 Å². The van der Waals surface area contributed by atoms with Crippen molar-refractivity contribution >= 4 is 29.2 Å². The number of ether oxygens (including phenoxy) is 1. The first-order chi connectivity index (χ1) is 9.52. The van der Waals surface area contributed by atoms with E-state index < -0.39 is 11.5 Å². The average Bonchev–Trinajstić information content (AvgIpc) is 2.40. The number of hydrogen-bond acceptors (Lipinski definition) is 2. The highest BCUT2D eigenvalue weighted by Gasteiger charge is 2.37. The van der Waals surface area contributed by atoms with Gasteiger partial charge in [-0.2, -0.15) is 0 Å². The third-order valence-corrected chi connectivity index (χ3v) is 5.23. The van der Waals surface area contributed by atoms with Crippen molar-refractivity contribution in [3.05, 3.63) is 28.8 Å². The molecule has 0 saturated carbocycles. The third-order valence-electron chi connectivity index (χ3n) is 4.65. The van der Waals surface area contributed by atoms with Crippen molar-refractivity contribution in [1.82, 2.24) is 0 Å². The summed E-state index contributed by atoms with van der Waals surface area (Å²) in [5.41, 5.74) is -0.368. The lowest BCUT2D eigenvalue weighted by Crippen LogP contribution is -2.36. The standard InChI is InChI=1S/C16H22Cl2O3/c1-6-15(2,3)16(4,5)10-7-8-12(11(17)9-10)21-13(18)14(19)20/h7-9,13H,6H2,1-5H3,(H,19,20). The maximum Gasteiger partial charge on any atom is 0.360 e. The van der Waals surface area contributed by atoms with Crippen LogP contribution in [-0.2, 0) is 10.2 Å². The number of hydrogen-bond donors (Lipinski definition) is 1. The van der Waals surface area contributed by atoms with Crippen LogP contribution in [0.5, 0.6) is 5.75 Å². The molecule has 3 nitrogen and oxygen atoms in total. The molecule has 0 fully saturated rings. The fourth-order valence-corrected chi connectivity index (χ4v) is 2.30. The predicted molar refractivity (Wildman–Crippen MR) is 86.5 cm³/mol. The van der Waals surface area contributed by atoms with E-state index in [2.05, 4.69) is 34.6 Å². The van der Waals surface area contributed by atoms with Crippen molar-refractivity contribution in [3.63, 3.8) is 0 Å². The van der Waals surface area contributed by atoms with Crippen molar-refractivity contribution in [3.8, 4) is 5.75 Å². The number of carboxylic acid groups (broad SMARTS) is 1. The van der Waals surface area contributed by atoms with E-state index in [1.54, 1.807) is 6.07 Å². The van der Waals surface area contributed by atoms with Crippen LogP contribution in [0.3, 0.4) is 0 Å². The molecule has 118 valence electrons. The molecular weight excluding hydrogens is 311 g/mol. The number of carbonyl (C=O) groups is 1. The van der Waals surface area contributed by atoms with Gasteiger partial charge in [0, 0.05) is 0 Å². The molecule has 0 bridgehead atoms. The van der Waals surface area contributed by atoms with E-state index in [0.717, 1.165) is 12.0 Å². The second kappa shape index (κ2) is 6.45. The van der Waals surface area contributed by atoms with Crippen LogP contribution < -0.4 is 4.74 Å². The Kier molecular flexibility index (Phi) is 5.57. The molecule has 0 aliphatic carbocycles. The van der Waals surface area contributed by atoms with Crippen LogP contribution in [0.25, 0.3) is 0 Å². The molecule has 1 atom stereocenters. The lowest BCUT2D eigenvalue weighted by atomic mass is 9.63. The summed E-state index contributed by atoms with van der Waals surface area (Å²) < 4.78 is 5.12. The van der Waals surface area contributed by atoms with Crippen LogP contribution in [0.2, 0.25) is 5.02 Å². The van der Waals surface area contributed by atoms with Crippen molar-refractivity contribution in [1.29, 1.82) is 0 Å². The Bertz CT molecular complexity index is 524. The van der Waals surface area contributed by atoms with Gasteiger partial charge in [-0.05, 0) is 28.5 Å². The Balaban J connectivity index is 3.11. The Morgan fingerprint density at radius 2 is 1.90 bits per heavy atom. The van der Waals surface area contributed by atoms with Gasteiger partial charge in [-0.1, -0.05) is 70.3 Å². The van der Waals surface area contributed by atoms with Crippen molar-refractivity contribution < 1.29 is 14.6 Å². The van der Waals surface area contributed by atoms with Crippen molar-refractivity contribution in [2.45, 2.75) is 52.0 Å². The van der Waals surface area contributed by atoms with E-state index in [1.165, 1.54) is 0 Å². The third kappa shape index (κ3) is 3.83. The average molecular weight is 333 g/mol. The van der Waals surface area contributed by atoms with Crippen LogP contribution in [0, 0.1) is 5.41 Å². The summed E-state index contributed by atoms with van der Waals surface area (Å²) in [6, 6.07) is 5.40. The second-order valence-electron chi connectivity index (χ2n) is 6.28. The lowest BCUT2D eigenvalue weighted by Gasteiger charge is -2.42. The molecule has 1 N–H and O–H groups in total. The lowest BCUT2D eigenvalue weighted by molar-refractivity contribution is -0.141. The van der Waals surface area contributed by atoms with Crippen molar-refractivity contribution in [2.75, 3.05) is 0 Å². The number of benzene rings is 1. The maximum atomic E-state index is 10.7. The normalized spacial score (nSPS) is 13.9. The summed E-state index contributed by atoms with van der Waals surface area (Å²) in [5, 5.41) is 9.12. The highest BCUT2D eigenvalue weighted by Crippen LogP contribution is 2.45. The molecule has 21 heavy (non-hydrogen) atoms. The van der Waals surface area contributed by atoms with E-state index >= 15 is 0 Å². The van der Waals surface area contributed by atoms with Crippen LogP contribution in [-0.4, -0.2) is 16.6 Å². The van der Waals surface area contributed by atoms with Gasteiger partial charge in [0.15, 0.2) is 0 Å². The van der Waals surface area contributed by atoms with Crippen LogP contribution in [0.4, 0.5) is 0 Å². The number of alkyl halides is 1. The molecule has 0 aliphatic rings. The minimum Gasteiger partial charge on any atom is -0.478 e. The summed E-state index contributed by atoms with van der Waals surface area (Å²) in [7, 11) is 0. The number of halogens is 2. The molecule has 0 heterocycles. The fraction of sp³-hybridized carbons (Fsp3) is 0.562. The Hall–Kier alpha value is -0.930. The molecule has 1 aromatic carbocycles. The first-order valence-electron chi connectivity index (χ1n) is 6.86. The Morgan fingerprint density at radius 3 is 2.33 bits per heavy atom. The number of carboxylic acids is 1. The zero-order valence-corrected chi connectivity index (χ0v) is 14.5. The fourth-order valence-electron chi connectivity index (χ4n) is 1.98. The monoisotopic (exact) mass is 332 g/mol. The zero-order chi connectivity index (χ0) is 16.4. The van der Waals surface area contributed by atoms with Gasteiger partial charge < -0.3 is 9.84 Å². The summed E-state index contributed by atoms with van der Waals surface area (Å²) in [4.78, 5) is 10.7. The van der Waals surface area contributed by atoms with E-state index in [1.807, 2.05) is 12.1 Å². The first kappa shape index (κ1) is 18.1. The highest BCUT2D eigenvalue weighted by molar-refractivity contribution is 6.32. The quantitative estimate of drug-likeness (QED) is 0.738. The molecule has 0 spiro atoms. The molecule has 0 amide bonds. The van der Waals surface area contributed by atoms with E-state index in [4.69, 9.17) is 33.0 Å². The Morgan fingerprint density at radius 1 is 1.33 bits per heavy atom. The smallest absolute Gasteiger partial charge is 0.360 e.